The number of halogens is 2. The van der Waals surface area contributed by atoms with Crippen molar-refractivity contribution in [1.82, 2.24) is 9.88 Å². The molecule has 3 rings (SSSR count). The molecular weight excluding hydrogens is 315 g/mol. The summed E-state index contributed by atoms with van der Waals surface area (Å²) in [6.07, 6.45) is 2.23. The predicted octanol–water partition coefficient (Wildman–Crippen LogP) is 4.87. The number of fused-ring (bicyclic) bond motifs is 1. The van der Waals surface area contributed by atoms with Crippen LogP contribution >= 0.6 is 24.0 Å². The van der Waals surface area contributed by atoms with Crippen molar-refractivity contribution in [2.45, 2.75) is 20.0 Å². The van der Waals surface area contributed by atoms with Gasteiger partial charge in [0.25, 0.3) is 0 Å². The molecule has 1 aromatic heterocycles. The zero-order chi connectivity index (χ0) is 14.7. The van der Waals surface area contributed by atoms with Crippen LogP contribution in [0.25, 0.3) is 10.9 Å². The minimum Gasteiger partial charge on any atom is -0.343 e. The molecule has 0 aliphatic rings. The highest BCUT2D eigenvalue weighted by molar-refractivity contribution is 6.31. The molecule has 1 heterocycles. The summed E-state index contributed by atoms with van der Waals surface area (Å²) in [5.41, 5.74) is 3.74. The van der Waals surface area contributed by atoms with E-state index in [4.69, 9.17) is 11.6 Å². The molecule has 2 nitrogen and oxygen atoms in total. The first kappa shape index (κ1) is 16.9. The van der Waals surface area contributed by atoms with Crippen molar-refractivity contribution >= 4 is 34.9 Å². The SMILES string of the molecule is CCNCc1cn(Cc2ccccc2Cl)c2ccccc12.Cl. The van der Waals surface area contributed by atoms with Crippen LogP contribution in [-0.4, -0.2) is 11.1 Å². The fourth-order valence-corrected chi connectivity index (χ4v) is 2.86. The van der Waals surface area contributed by atoms with Crippen molar-refractivity contribution in [2.24, 2.45) is 0 Å². The van der Waals surface area contributed by atoms with Crippen LogP contribution in [0.15, 0.2) is 54.7 Å². The Kier molecular flexibility index (Phi) is 5.90. The lowest BCUT2D eigenvalue weighted by Gasteiger charge is -2.07. The van der Waals surface area contributed by atoms with E-state index in [-0.39, 0.29) is 12.4 Å². The van der Waals surface area contributed by atoms with Crippen LogP contribution < -0.4 is 5.32 Å². The van der Waals surface area contributed by atoms with Gasteiger partial charge in [-0.05, 0) is 29.8 Å². The lowest BCUT2D eigenvalue weighted by Crippen LogP contribution is -2.11. The van der Waals surface area contributed by atoms with Crippen molar-refractivity contribution in [2.75, 3.05) is 6.54 Å². The maximum absolute atomic E-state index is 6.29. The Hall–Kier alpha value is -1.48. The fourth-order valence-electron chi connectivity index (χ4n) is 2.66. The van der Waals surface area contributed by atoms with E-state index in [0.29, 0.717) is 0 Å². The molecule has 0 fully saturated rings. The second-order valence-electron chi connectivity index (χ2n) is 5.17. The summed E-state index contributed by atoms with van der Waals surface area (Å²) in [7, 11) is 0. The number of aromatic nitrogens is 1. The number of nitrogens with one attached hydrogen (secondary N) is 1. The number of nitrogens with zero attached hydrogens (tertiary/aromatic N) is 1. The van der Waals surface area contributed by atoms with Gasteiger partial charge in [-0.3, -0.25) is 0 Å². The Bertz CT molecular complexity index is 750. The molecule has 0 unspecified atom stereocenters. The van der Waals surface area contributed by atoms with Crippen molar-refractivity contribution in [3.05, 3.63) is 70.9 Å². The number of para-hydroxylation sites is 1. The zero-order valence-electron chi connectivity index (χ0n) is 12.6. The molecule has 0 radical (unpaired) electrons. The highest BCUT2D eigenvalue weighted by Crippen LogP contribution is 2.24. The number of rotatable bonds is 5. The molecule has 0 saturated carbocycles. The van der Waals surface area contributed by atoms with E-state index in [1.165, 1.54) is 16.5 Å². The average molecular weight is 335 g/mol. The summed E-state index contributed by atoms with van der Waals surface area (Å²) < 4.78 is 2.28. The fraction of sp³-hybridized carbons (Fsp3) is 0.222. The molecule has 0 atom stereocenters. The van der Waals surface area contributed by atoms with E-state index in [9.17, 15) is 0 Å². The van der Waals surface area contributed by atoms with Gasteiger partial charge in [-0.1, -0.05) is 54.9 Å². The second-order valence-corrected chi connectivity index (χ2v) is 5.58. The second kappa shape index (κ2) is 7.68. The van der Waals surface area contributed by atoms with Crippen LogP contribution in [0.3, 0.4) is 0 Å². The third kappa shape index (κ3) is 3.46. The quantitative estimate of drug-likeness (QED) is 0.704. The maximum atomic E-state index is 6.29. The van der Waals surface area contributed by atoms with Gasteiger partial charge in [-0.2, -0.15) is 0 Å². The summed E-state index contributed by atoms with van der Waals surface area (Å²) in [5.74, 6) is 0. The van der Waals surface area contributed by atoms with Crippen molar-refractivity contribution in [3.8, 4) is 0 Å². The highest BCUT2D eigenvalue weighted by Gasteiger charge is 2.09. The van der Waals surface area contributed by atoms with Crippen LogP contribution in [0.2, 0.25) is 5.02 Å². The molecule has 3 aromatic rings. The summed E-state index contributed by atoms with van der Waals surface area (Å²) in [4.78, 5) is 0. The van der Waals surface area contributed by atoms with E-state index in [2.05, 4.69) is 53.3 Å². The molecule has 22 heavy (non-hydrogen) atoms. The van der Waals surface area contributed by atoms with Gasteiger partial charge in [0.05, 0.1) is 0 Å². The molecule has 4 heteroatoms. The lowest BCUT2D eigenvalue weighted by atomic mass is 10.2. The van der Waals surface area contributed by atoms with Crippen molar-refractivity contribution in [3.63, 3.8) is 0 Å². The van der Waals surface area contributed by atoms with Gasteiger partial charge in [-0.25, -0.2) is 0 Å². The molecular formula is C18H20Cl2N2. The molecule has 116 valence electrons. The number of benzene rings is 2. The minimum absolute atomic E-state index is 0. The number of hydrogen-bond donors (Lipinski definition) is 1. The molecule has 0 saturated heterocycles. The largest absolute Gasteiger partial charge is 0.343 e. The average Bonchev–Trinajstić information content (AvgIpc) is 2.86. The Morgan fingerprint density at radius 1 is 1.00 bits per heavy atom. The molecule has 0 spiro atoms. The highest BCUT2D eigenvalue weighted by atomic mass is 35.5. The Labute approximate surface area is 142 Å². The summed E-state index contributed by atoms with van der Waals surface area (Å²) >= 11 is 6.29. The normalized spacial score (nSPS) is 10.6. The van der Waals surface area contributed by atoms with Gasteiger partial charge in [-0.15, -0.1) is 12.4 Å². The van der Waals surface area contributed by atoms with E-state index in [0.717, 1.165) is 30.2 Å². The van der Waals surface area contributed by atoms with E-state index in [1.807, 2.05) is 18.2 Å². The van der Waals surface area contributed by atoms with Crippen molar-refractivity contribution < 1.29 is 0 Å². The van der Waals surface area contributed by atoms with Gasteiger partial charge in [0.1, 0.15) is 0 Å². The number of hydrogen-bond acceptors (Lipinski definition) is 1. The lowest BCUT2D eigenvalue weighted by molar-refractivity contribution is 0.724. The molecule has 2 aromatic carbocycles. The molecule has 1 N–H and O–H groups in total. The van der Waals surface area contributed by atoms with Crippen LogP contribution in [0.4, 0.5) is 0 Å². The minimum atomic E-state index is 0. The van der Waals surface area contributed by atoms with E-state index >= 15 is 0 Å². The summed E-state index contributed by atoms with van der Waals surface area (Å²) in [5, 5.41) is 5.54. The molecule has 0 aliphatic carbocycles. The molecule has 0 amide bonds. The monoisotopic (exact) mass is 334 g/mol. The first-order valence-electron chi connectivity index (χ1n) is 7.30. The summed E-state index contributed by atoms with van der Waals surface area (Å²) in [6.45, 7) is 4.80. The smallest absolute Gasteiger partial charge is 0.0491 e. The van der Waals surface area contributed by atoms with E-state index in [1.54, 1.807) is 0 Å². The first-order valence-corrected chi connectivity index (χ1v) is 7.68. The third-order valence-electron chi connectivity index (χ3n) is 3.74. The van der Waals surface area contributed by atoms with Crippen LogP contribution in [-0.2, 0) is 13.1 Å². The van der Waals surface area contributed by atoms with Crippen LogP contribution in [0, 0.1) is 0 Å². The van der Waals surface area contributed by atoms with Crippen LogP contribution in [0.5, 0.6) is 0 Å². The molecule has 0 aliphatic heterocycles. The van der Waals surface area contributed by atoms with E-state index < -0.39 is 0 Å². The third-order valence-corrected chi connectivity index (χ3v) is 4.10. The zero-order valence-corrected chi connectivity index (χ0v) is 14.1. The van der Waals surface area contributed by atoms with Gasteiger partial charge in [0.2, 0.25) is 0 Å². The van der Waals surface area contributed by atoms with Gasteiger partial charge in [0.15, 0.2) is 0 Å². The Balaban J connectivity index is 0.00000176. The first-order chi connectivity index (χ1) is 10.3. The van der Waals surface area contributed by atoms with Gasteiger partial charge >= 0.3 is 0 Å². The standard InChI is InChI=1S/C18H19ClN2.ClH/c1-2-20-11-15-13-21(18-10-6-4-8-16(15)18)12-14-7-3-5-9-17(14)19;/h3-10,13,20H,2,11-12H2,1H3;1H. The maximum Gasteiger partial charge on any atom is 0.0491 e. The van der Waals surface area contributed by atoms with Gasteiger partial charge in [0, 0.05) is 35.2 Å². The van der Waals surface area contributed by atoms with Crippen LogP contribution in [0.1, 0.15) is 18.1 Å². The summed E-state index contributed by atoms with van der Waals surface area (Å²) in [6, 6.07) is 16.6. The Morgan fingerprint density at radius 3 is 2.50 bits per heavy atom. The predicted molar refractivity (Wildman–Crippen MR) is 97.1 cm³/mol. The van der Waals surface area contributed by atoms with Gasteiger partial charge < -0.3 is 9.88 Å². The molecule has 0 bridgehead atoms. The topological polar surface area (TPSA) is 17.0 Å². The van der Waals surface area contributed by atoms with Crippen molar-refractivity contribution in [1.29, 1.82) is 0 Å². The Morgan fingerprint density at radius 2 is 1.73 bits per heavy atom.